The van der Waals surface area contributed by atoms with Crippen LogP contribution in [-0.4, -0.2) is 16.7 Å². The van der Waals surface area contributed by atoms with Gasteiger partial charge in [-0.15, -0.1) is 22.7 Å². The number of hydrogen-bond donors (Lipinski definition) is 1. The molecule has 2 amide bonds. The minimum atomic E-state index is -0.262. The van der Waals surface area contributed by atoms with E-state index in [1.54, 1.807) is 58.9 Å². The normalized spacial score (nSPS) is 10.7. The van der Waals surface area contributed by atoms with Gasteiger partial charge in [0.1, 0.15) is 5.76 Å². The number of anilines is 1. The zero-order valence-corrected chi connectivity index (χ0v) is 18.1. The van der Waals surface area contributed by atoms with Crippen LogP contribution in [-0.2, 0) is 13.1 Å². The van der Waals surface area contributed by atoms with E-state index < -0.39 is 0 Å². The summed E-state index contributed by atoms with van der Waals surface area (Å²) in [5.41, 5.74) is 0.832. The van der Waals surface area contributed by atoms with Crippen LogP contribution in [0.4, 0.5) is 5.69 Å². The highest BCUT2D eigenvalue weighted by Gasteiger charge is 2.20. The first-order chi connectivity index (χ1) is 14.6. The number of benzene rings is 1. The van der Waals surface area contributed by atoms with Gasteiger partial charge in [0.15, 0.2) is 0 Å². The van der Waals surface area contributed by atoms with Gasteiger partial charge < -0.3 is 14.6 Å². The monoisotopic (exact) mass is 456 g/mol. The summed E-state index contributed by atoms with van der Waals surface area (Å²) in [7, 11) is 0. The molecule has 0 radical (unpaired) electrons. The molecular formula is C22H17ClN2O3S2. The number of nitrogens with one attached hydrogen (secondary N) is 1. The molecule has 8 heteroatoms. The highest BCUT2D eigenvalue weighted by Crippen LogP contribution is 2.26. The van der Waals surface area contributed by atoms with E-state index in [0.717, 1.165) is 4.88 Å². The predicted octanol–water partition coefficient (Wildman–Crippen LogP) is 6.15. The molecule has 5 nitrogen and oxygen atoms in total. The van der Waals surface area contributed by atoms with Gasteiger partial charge in [0.25, 0.3) is 11.8 Å². The maximum Gasteiger partial charge on any atom is 0.265 e. The van der Waals surface area contributed by atoms with E-state index in [1.165, 1.54) is 11.3 Å². The van der Waals surface area contributed by atoms with Gasteiger partial charge in [0.2, 0.25) is 0 Å². The Morgan fingerprint density at radius 3 is 2.53 bits per heavy atom. The first kappa shape index (κ1) is 20.4. The maximum atomic E-state index is 13.3. The van der Waals surface area contributed by atoms with Crippen LogP contribution in [0.1, 0.15) is 30.7 Å². The number of hydrogen-bond acceptors (Lipinski definition) is 5. The van der Waals surface area contributed by atoms with Crippen molar-refractivity contribution in [2.75, 3.05) is 5.32 Å². The summed E-state index contributed by atoms with van der Waals surface area (Å²) < 4.78 is 5.44. The van der Waals surface area contributed by atoms with Crippen molar-refractivity contribution in [3.63, 3.8) is 0 Å². The molecule has 0 bridgehead atoms. The zero-order valence-electron chi connectivity index (χ0n) is 15.7. The van der Waals surface area contributed by atoms with Crippen LogP contribution in [0.3, 0.4) is 0 Å². The van der Waals surface area contributed by atoms with Gasteiger partial charge in [-0.05, 0) is 53.2 Å². The quantitative estimate of drug-likeness (QED) is 0.362. The number of furan rings is 1. The second-order valence-corrected chi connectivity index (χ2v) is 8.83. The van der Waals surface area contributed by atoms with E-state index in [0.29, 0.717) is 40.0 Å². The van der Waals surface area contributed by atoms with Crippen molar-refractivity contribution in [1.82, 2.24) is 4.90 Å². The molecule has 3 heterocycles. The molecule has 0 aliphatic carbocycles. The Labute approximate surface area is 186 Å². The Bertz CT molecular complexity index is 1090. The standard InChI is InChI=1S/C22H17ClN2O3S2/c23-18-8-7-15(12-19(18)24-21(26)20-6-3-11-30-20)22(27)25(13-16-4-1-9-28-16)14-17-5-2-10-29-17/h1-12H,13-14H2,(H,24,26). The molecule has 0 atom stereocenters. The highest BCUT2D eigenvalue weighted by molar-refractivity contribution is 7.12. The predicted molar refractivity (Wildman–Crippen MR) is 120 cm³/mol. The molecule has 0 aliphatic heterocycles. The molecule has 3 aromatic heterocycles. The first-order valence-electron chi connectivity index (χ1n) is 9.08. The lowest BCUT2D eigenvalue weighted by atomic mass is 10.1. The minimum absolute atomic E-state index is 0.178. The SMILES string of the molecule is O=C(Nc1cc(C(=O)N(Cc2ccco2)Cc2cccs2)ccc1Cl)c1cccs1. The molecule has 4 rings (SSSR count). The molecule has 0 spiro atoms. The van der Waals surface area contributed by atoms with Crippen molar-refractivity contribution in [1.29, 1.82) is 0 Å². The van der Waals surface area contributed by atoms with Crippen LogP contribution >= 0.6 is 34.3 Å². The second kappa shape index (κ2) is 9.30. The largest absolute Gasteiger partial charge is 0.467 e. The summed E-state index contributed by atoms with van der Waals surface area (Å²) in [4.78, 5) is 29.1. The summed E-state index contributed by atoms with van der Waals surface area (Å²) in [6.45, 7) is 0.792. The number of carbonyl (C=O) groups is 2. The average molecular weight is 457 g/mol. The van der Waals surface area contributed by atoms with Crippen molar-refractivity contribution in [2.45, 2.75) is 13.1 Å². The summed E-state index contributed by atoms with van der Waals surface area (Å²) in [5, 5.41) is 6.96. The van der Waals surface area contributed by atoms with Crippen LogP contribution in [0.2, 0.25) is 5.02 Å². The Kier molecular flexibility index (Phi) is 6.32. The molecule has 0 aliphatic rings. The Hall–Kier alpha value is -2.87. The van der Waals surface area contributed by atoms with Gasteiger partial charge >= 0.3 is 0 Å². The highest BCUT2D eigenvalue weighted by atomic mass is 35.5. The van der Waals surface area contributed by atoms with Gasteiger partial charge in [-0.1, -0.05) is 23.7 Å². The molecule has 0 unspecified atom stereocenters. The summed E-state index contributed by atoms with van der Waals surface area (Å²) >= 11 is 9.19. The van der Waals surface area contributed by atoms with E-state index in [1.807, 2.05) is 29.0 Å². The number of halogens is 1. The van der Waals surface area contributed by atoms with Crippen molar-refractivity contribution in [3.05, 3.63) is 97.7 Å². The van der Waals surface area contributed by atoms with E-state index >= 15 is 0 Å². The van der Waals surface area contributed by atoms with Crippen molar-refractivity contribution in [2.24, 2.45) is 0 Å². The van der Waals surface area contributed by atoms with E-state index in [4.69, 9.17) is 16.0 Å². The van der Waals surface area contributed by atoms with E-state index in [-0.39, 0.29) is 11.8 Å². The molecule has 0 fully saturated rings. The fourth-order valence-electron chi connectivity index (χ4n) is 2.91. The summed E-state index contributed by atoms with van der Waals surface area (Å²) in [6, 6.07) is 16.0. The Morgan fingerprint density at radius 1 is 1.00 bits per heavy atom. The Morgan fingerprint density at radius 2 is 1.83 bits per heavy atom. The third-order valence-corrected chi connectivity index (χ3v) is 6.41. The fraction of sp³-hybridized carbons (Fsp3) is 0.0909. The van der Waals surface area contributed by atoms with Gasteiger partial charge in [-0.2, -0.15) is 0 Å². The van der Waals surface area contributed by atoms with Crippen molar-refractivity contribution in [3.8, 4) is 0 Å². The van der Waals surface area contributed by atoms with Crippen LogP contribution in [0.15, 0.2) is 76.0 Å². The van der Waals surface area contributed by atoms with Crippen molar-refractivity contribution >= 4 is 51.8 Å². The molecular weight excluding hydrogens is 440 g/mol. The summed E-state index contributed by atoms with van der Waals surface area (Å²) in [6.07, 6.45) is 1.59. The third kappa shape index (κ3) is 4.81. The number of amides is 2. The molecule has 0 saturated carbocycles. The third-order valence-electron chi connectivity index (χ3n) is 4.35. The smallest absolute Gasteiger partial charge is 0.265 e. The van der Waals surface area contributed by atoms with E-state index in [2.05, 4.69) is 5.32 Å². The Balaban J connectivity index is 1.58. The number of carbonyl (C=O) groups excluding carboxylic acids is 2. The second-order valence-electron chi connectivity index (χ2n) is 6.45. The average Bonchev–Trinajstić information content (AvgIpc) is 3.52. The lowest BCUT2D eigenvalue weighted by molar-refractivity contribution is 0.0719. The number of rotatable bonds is 7. The maximum absolute atomic E-state index is 13.3. The molecule has 1 aromatic carbocycles. The molecule has 1 N–H and O–H groups in total. The van der Waals surface area contributed by atoms with Gasteiger partial charge in [0.05, 0.1) is 34.9 Å². The van der Waals surface area contributed by atoms with Gasteiger partial charge in [-0.3, -0.25) is 9.59 Å². The van der Waals surface area contributed by atoms with Crippen LogP contribution in [0.5, 0.6) is 0 Å². The van der Waals surface area contributed by atoms with Crippen LogP contribution < -0.4 is 5.32 Å². The topological polar surface area (TPSA) is 62.6 Å². The number of nitrogens with zero attached hydrogens (tertiary/aromatic N) is 1. The van der Waals surface area contributed by atoms with Gasteiger partial charge in [0, 0.05) is 10.4 Å². The first-order valence-corrected chi connectivity index (χ1v) is 11.2. The zero-order chi connectivity index (χ0) is 20.9. The van der Waals surface area contributed by atoms with E-state index in [9.17, 15) is 9.59 Å². The lowest BCUT2D eigenvalue weighted by Crippen LogP contribution is -2.29. The fourth-order valence-corrected chi connectivity index (χ4v) is 4.41. The number of thiophene rings is 2. The lowest BCUT2D eigenvalue weighted by Gasteiger charge is -2.22. The molecule has 4 aromatic rings. The van der Waals surface area contributed by atoms with Gasteiger partial charge in [-0.25, -0.2) is 0 Å². The van der Waals surface area contributed by atoms with Crippen LogP contribution in [0, 0.1) is 0 Å². The van der Waals surface area contributed by atoms with Crippen molar-refractivity contribution < 1.29 is 14.0 Å². The molecule has 152 valence electrons. The van der Waals surface area contributed by atoms with Crippen LogP contribution in [0.25, 0.3) is 0 Å². The summed E-state index contributed by atoms with van der Waals surface area (Å²) in [5.74, 6) is 0.255. The minimum Gasteiger partial charge on any atom is -0.467 e. The molecule has 30 heavy (non-hydrogen) atoms. The molecule has 0 saturated heterocycles.